The van der Waals surface area contributed by atoms with E-state index in [9.17, 15) is 8.42 Å². The molecule has 1 N–H and O–H groups in total. The number of nitrogens with one attached hydrogen (secondary N) is 1. The molecule has 1 aliphatic rings. The SMILES string of the molecule is CCNc1ncccc1CN1CCSCC1S(C)(=O)=O. The molecule has 1 atom stereocenters. The summed E-state index contributed by atoms with van der Waals surface area (Å²) in [5.74, 6) is 2.47. The lowest BCUT2D eigenvalue weighted by Gasteiger charge is -2.34. The van der Waals surface area contributed by atoms with Crippen LogP contribution in [0, 0.1) is 0 Å². The van der Waals surface area contributed by atoms with E-state index >= 15 is 0 Å². The second-order valence-corrected chi connectivity index (χ2v) is 8.22. The van der Waals surface area contributed by atoms with E-state index in [0.717, 1.165) is 30.2 Å². The van der Waals surface area contributed by atoms with Gasteiger partial charge in [-0.2, -0.15) is 11.8 Å². The third kappa shape index (κ3) is 3.86. The fourth-order valence-corrected chi connectivity index (χ4v) is 5.24. The zero-order valence-corrected chi connectivity index (χ0v) is 13.5. The summed E-state index contributed by atoms with van der Waals surface area (Å²) in [4.78, 5) is 6.37. The fraction of sp³-hybridized carbons (Fsp3) is 0.615. The molecule has 0 aromatic carbocycles. The van der Waals surface area contributed by atoms with Crippen molar-refractivity contribution in [3.8, 4) is 0 Å². The van der Waals surface area contributed by atoms with Crippen molar-refractivity contribution in [3.63, 3.8) is 0 Å². The molecule has 7 heteroatoms. The molecule has 0 saturated carbocycles. The van der Waals surface area contributed by atoms with E-state index in [1.54, 1.807) is 18.0 Å². The van der Waals surface area contributed by atoms with Crippen molar-refractivity contribution < 1.29 is 8.42 Å². The van der Waals surface area contributed by atoms with Crippen LogP contribution in [0.15, 0.2) is 18.3 Å². The summed E-state index contributed by atoms with van der Waals surface area (Å²) in [5.41, 5.74) is 1.05. The predicted molar refractivity (Wildman–Crippen MR) is 84.8 cm³/mol. The molecule has 0 radical (unpaired) electrons. The summed E-state index contributed by atoms with van der Waals surface area (Å²) >= 11 is 1.71. The van der Waals surface area contributed by atoms with Crippen LogP contribution >= 0.6 is 11.8 Å². The monoisotopic (exact) mass is 315 g/mol. The van der Waals surface area contributed by atoms with E-state index < -0.39 is 15.2 Å². The van der Waals surface area contributed by atoms with Gasteiger partial charge in [0, 0.05) is 49.2 Å². The maximum absolute atomic E-state index is 11.9. The normalized spacial score (nSPS) is 20.8. The standard InChI is InChI=1S/C13H21N3O2S2/c1-3-14-13-11(5-4-6-15-13)9-16-7-8-19-10-12(16)20(2,17)18/h4-6,12H,3,7-10H2,1-2H3,(H,14,15). The van der Waals surface area contributed by atoms with E-state index in [2.05, 4.69) is 10.3 Å². The van der Waals surface area contributed by atoms with Crippen molar-refractivity contribution in [2.24, 2.45) is 0 Å². The molecule has 1 saturated heterocycles. The second kappa shape index (κ2) is 6.78. The number of anilines is 1. The van der Waals surface area contributed by atoms with Crippen LogP contribution in [-0.2, 0) is 16.4 Å². The Balaban J connectivity index is 2.19. The van der Waals surface area contributed by atoms with Gasteiger partial charge in [-0.05, 0) is 13.0 Å². The molecule has 5 nitrogen and oxygen atoms in total. The highest BCUT2D eigenvalue weighted by molar-refractivity contribution is 8.00. The van der Waals surface area contributed by atoms with E-state index in [0.29, 0.717) is 12.3 Å². The Morgan fingerprint density at radius 3 is 3.05 bits per heavy atom. The number of aromatic nitrogens is 1. The quantitative estimate of drug-likeness (QED) is 0.887. The minimum Gasteiger partial charge on any atom is -0.370 e. The molecule has 1 aromatic rings. The Morgan fingerprint density at radius 2 is 2.35 bits per heavy atom. The van der Waals surface area contributed by atoms with Crippen molar-refractivity contribution in [1.29, 1.82) is 0 Å². The molecule has 2 heterocycles. The van der Waals surface area contributed by atoms with Gasteiger partial charge in [0.05, 0.1) is 0 Å². The van der Waals surface area contributed by atoms with E-state index in [1.807, 2.05) is 24.0 Å². The van der Waals surface area contributed by atoms with Crippen LogP contribution in [-0.4, -0.2) is 54.5 Å². The molecule has 2 rings (SSSR count). The first-order valence-corrected chi connectivity index (χ1v) is 9.81. The fourth-order valence-electron chi connectivity index (χ4n) is 2.30. The molecule has 0 amide bonds. The van der Waals surface area contributed by atoms with Crippen molar-refractivity contribution in [3.05, 3.63) is 23.9 Å². The Labute approximate surface area is 125 Å². The first-order valence-electron chi connectivity index (χ1n) is 6.70. The summed E-state index contributed by atoms with van der Waals surface area (Å²) < 4.78 is 23.8. The average molecular weight is 315 g/mol. The molecule has 0 spiro atoms. The van der Waals surface area contributed by atoms with Crippen molar-refractivity contribution in [2.75, 3.05) is 36.2 Å². The van der Waals surface area contributed by atoms with Crippen LogP contribution in [0.2, 0.25) is 0 Å². The van der Waals surface area contributed by atoms with Gasteiger partial charge in [0.15, 0.2) is 9.84 Å². The smallest absolute Gasteiger partial charge is 0.164 e. The lowest BCUT2D eigenvalue weighted by molar-refractivity contribution is 0.262. The Kier molecular flexibility index (Phi) is 5.29. The van der Waals surface area contributed by atoms with E-state index in [-0.39, 0.29) is 0 Å². The molecule has 1 unspecified atom stereocenters. The van der Waals surface area contributed by atoms with E-state index in [4.69, 9.17) is 0 Å². The van der Waals surface area contributed by atoms with Crippen LogP contribution in [0.5, 0.6) is 0 Å². The highest BCUT2D eigenvalue weighted by atomic mass is 32.2. The van der Waals surface area contributed by atoms with Crippen molar-refractivity contribution in [2.45, 2.75) is 18.8 Å². The minimum atomic E-state index is -3.06. The molecule has 1 aliphatic heterocycles. The van der Waals surface area contributed by atoms with Crippen molar-refractivity contribution >= 4 is 27.4 Å². The van der Waals surface area contributed by atoms with Crippen LogP contribution < -0.4 is 5.32 Å². The van der Waals surface area contributed by atoms with Crippen LogP contribution in [0.3, 0.4) is 0 Å². The molecule has 112 valence electrons. The van der Waals surface area contributed by atoms with Gasteiger partial charge in [-0.25, -0.2) is 13.4 Å². The number of hydrogen-bond donors (Lipinski definition) is 1. The summed E-state index contributed by atoms with van der Waals surface area (Å²) in [5, 5.41) is 2.83. The summed E-state index contributed by atoms with van der Waals surface area (Å²) in [6, 6.07) is 3.90. The van der Waals surface area contributed by atoms with Crippen LogP contribution in [0.25, 0.3) is 0 Å². The Morgan fingerprint density at radius 1 is 1.55 bits per heavy atom. The predicted octanol–water partition coefficient (Wildman–Crippen LogP) is 1.43. The van der Waals surface area contributed by atoms with Crippen molar-refractivity contribution in [1.82, 2.24) is 9.88 Å². The average Bonchev–Trinajstić information content (AvgIpc) is 2.41. The summed E-state index contributed by atoms with van der Waals surface area (Å²) in [6.45, 7) is 4.24. The molecular weight excluding hydrogens is 294 g/mol. The van der Waals surface area contributed by atoms with Gasteiger partial charge in [-0.15, -0.1) is 0 Å². The highest BCUT2D eigenvalue weighted by Crippen LogP contribution is 2.24. The zero-order chi connectivity index (χ0) is 14.6. The lowest BCUT2D eigenvalue weighted by atomic mass is 10.2. The molecule has 1 fully saturated rings. The lowest BCUT2D eigenvalue weighted by Crippen LogP contribution is -2.46. The number of hydrogen-bond acceptors (Lipinski definition) is 6. The van der Waals surface area contributed by atoms with Gasteiger partial charge in [-0.1, -0.05) is 6.07 Å². The first kappa shape index (κ1) is 15.6. The highest BCUT2D eigenvalue weighted by Gasteiger charge is 2.31. The van der Waals surface area contributed by atoms with Gasteiger partial charge >= 0.3 is 0 Å². The molecule has 20 heavy (non-hydrogen) atoms. The molecular formula is C13H21N3O2S2. The van der Waals surface area contributed by atoms with Crippen LogP contribution in [0.4, 0.5) is 5.82 Å². The maximum Gasteiger partial charge on any atom is 0.164 e. The van der Waals surface area contributed by atoms with Gasteiger partial charge in [0.25, 0.3) is 0 Å². The topological polar surface area (TPSA) is 62.3 Å². The van der Waals surface area contributed by atoms with E-state index in [1.165, 1.54) is 6.26 Å². The second-order valence-electron chi connectivity index (χ2n) is 4.87. The zero-order valence-electron chi connectivity index (χ0n) is 11.9. The first-order chi connectivity index (χ1) is 9.52. The molecule has 1 aromatic heterocycles. The number of nitrogens with zero attached hydrogens (tertiary/aromatic N) is 2. The number of sulfone groups is 1. The van der Waals surface area contributed by atoms with Gasteiger partial charge in [0.2, 0.25) is 0 Å². The molecule has 0 aliphatic carbocycles. The summed E-state index contributed by atoms with van der Waals surface area (Å²) in [6.07, 6.45) is 3.08. The summed E-state index contributed by atoms with van der Waals surface area (Å²) in [7, 11) is -3.06. The molecule has 0 bridgehead atoms. The Bertz CT molecular complexity index is 548. The van der Waals surface area contributed by atoms with Gasteiger partial charge in [-0.3, -0.25) is 4.90 Å². The third-order valence-corrected chi connectivity index (χ3v) is 5.98. The largest absolute Gasteiger partial charge is 0.370 e. The maximum atomic E-state index is 11.9. The minimum absolute atomic E-state index is 0.393. The number of rotatable bonds is 5. The third-order valence-electron chi connectivity index (χ3n) is 3.29. The number of pyridine rings is 1. The van der Waals surface area contributed by atoms with Crippen LogP contribution in [0.1, 0.15) is 12.5 Å². The number of thioether (sulfide) groups is 1. The van der Waals surface area contributed by atoms with Gasteiger partial charge < -0.3 is 5.32 Å². The Hall–Kier alpha value is -0.790. The van der Waals surface area contributed by atoms with Gasteiger partial charge in [0.1, 0.15) is 11.2 Å².